The van der Waals surface area contributed by atoms with Crippen molar-refractivity contribution in [3.05, 3.63) is 35.5 Å². The maximum atomic E-state index is 14.2. The number of amides is 3. The summed E-state index contributed by atoms with van der Waals surface area (Å²) in [6.07, 6.45) is 3.01. The Balaban J connectivity index is 1.41. The number of nitrogens with one attached hydrogen (secondary N) is 1. The largest absolute Gasteiger partial charge is 0.468 e. The Kier molecular flexibility index (Phi) is 8.74. The summed E-state index contributed by atoms with van der Waals surface area (Å²) in [7, 11) is 1.34. The number of ether oxygens (including phenoxy) is 4. The van der Waals surface area contributed by atoms with E-state index in [-0.39, 0.29) is 55.4 Å². The summed E-state index contributed by atoms with van der Waals surface area (Å²) in [5, 5.41) is 2.91. The zero-order chi connectivity index (χ0) is 30.9. The Labute approximate surface area is 252 Å². The summed E-state index contributed by atoms with van der Waals surface area (Å²) in [5.41, 5.74) is -0.229. The number of esters is 1. The van der Waals surface area contributed by atoms with Crippen LogP contribution >= 0.6 is 0 Å². The van der Waals surface area contributed by atoms with E-state index in [0.29, 0.717) is 43.1 Å². The average molecular weight is 598 g/mol. The minimum Gasteiger partial charge on any atom is -0.468 e. The Morgan fingerprint density at radius 1 is 1.16 bits per heavy atom. The highest BCUT2D eigenvalue weighted by atomic mass is 16.7. The van der Waals surface area contributed by atoms with E-state index in [1.54, 1.807) is 11.0 Å². The van der Waals surface area contributed by atoms with Crippen LogP contribution in [0.25, 0.3) is 0 Å². The molecule has 0 unspecified atom stereocenters. The minimum absolute atomic E-state index is 0.0828. The Morgan fingerprint density at radius 2 is 1.93 bits per heavy atom. The van der Waals surface area contributed by atoms with Gasteiger partial charge in [0.1, 0.15) is 5.41 Å². The second kappa shape index (κ2) is 12.2. The van der Waals surface area contributed by atoms with Gasteiger partial charge in [-0.2, -0.15) is 0 Å². The molecule has 43 heavy (non-hydrogen) atoms. The number of nitrogens with zero attached hydrogens (tertiary/aromatic N) is 2. The van der Waals surface area contributed by atoms with Crippen molar-refractivity contribution in [2.45, 2.75) is 78.6 Å². The van der Waals surface area contributed by atoms with E-state index in [1.165, 1.54) is 7.11 Å². The summed E-state index contributed by atoms with van der Waals surface area (Å²) >= 11 is 0. The third-order valence-electron chi connectivity index (χ3n) is 9.00. The molecule has 2 fully saturated rings. The maximum absolute atomic E-state index is 14.2. The maximum Gasteiger partial charge on any atom is 0.320 e. The number of piperidine rings is 1. The molecule has 0 aliphatic carbocycles. The lowest BCUT2D eigenvalue weighted by molar-refractivity contribution is -0.180. The number of rotatable bonds is 9. The Bertz CT molecular complexity index is 1300. The fraction of sp³-hybridized carbons (Fsp3) is 0.625. The topological polar surface area (TPSA) is 124 Å². The summed E-state index contributed by atoms with van der Waals surface area (Å²) in [4.78, 5) is 56.4. The van der Waals surface area contributed by atoms with Gasteiger partial charge in [0.25, 0.3) is 0 Å². The number of methoxy groups -OCH3 is 1. The molecule has 1 aromatic rings. The second-order valence-electron chi connectivity index (χ2n) is 13.0. The molecule has 2 saturated heterocycles. The van der Waals surface area contributed by atoms with Crippen molar-refractivity contribution < 1.29 is 38.1 Å². The molecule has 234 valence electrons. The van der Waals surface area contributed by atoms with Crippen molar-refractivity contribution >= 4 is 23.7 Å². The van der Waals surface area contributed by atoms with Crippen molar-refractivity contribution in [2.24, 2.45) is 16.7 Å². The Morgan fingerprint density at radius 3 is 2.63 bits per heavy atom. The van der Waals surface area contributed by atoms with Crippen molar-refractivity contribution in [1.82, 2.24) is 15.1 Å². The number of hydrogen-bond acceptors (Lipinski definition) is 8. The first-order valence-corrected chi connectivity index (χ1v) is 15.1. The Hall–Kier alpha value is -3.60. The fourth-order valence-electron chi connectivity index (χ4n) is 6.56. The molecular weight excluding hydrogens is 554 g/mol. The standard InChI is InChI=1S/C32H43N3O8/c1-20-32(30(39)40-5)17-22(15-27(36)33-11-7-13-34-12-6-8-28(34)37)29(38)35(25(32)16-26(43-20)31(2,3)4)18-21-9-10-23-24(14-21)42-19-41-23/h9-10,14,16,20,22,26H,6-8,11-13,15,17-19H2,1-5H3,(H,33,36)/t20-,22+,26-,32+/m1/s1. The number of benzene rings is 1. The van der Waals surface area contributed by atoms with Gasteiger partial charge in [-0.05, 0) is 55.4 Å². The zero-order valence-corrected chi connectivity index (χ0v) is 25.8. The number of carbonyl (C=O) groups excluding carboxylic acids is 4. The molecule has 0 saturated carbocycles. The lowest BCUT2D eigenvalue weighted by atomic mass is 9.65. The van der Waals surface area contributed by atoms with Crippen molar-refractivity contribution in [3.63, 3.8) is 0 Å². The quantitative estimate of drug-likeness (QED) is 0.340. The van der Waals surface area contributed by atoms with Crippen LogP contribution in [0.4, 0.5) is 0 Å². The normalized spacial score (nSPS) is 26.7. The van der Waals surface area contributed by atoms with Gasteiger partial charge >= 0.3 is 5.97 Å². The first-order valence-electron chi connectivity index (χ1n) is 15.1. The van der Waals surface area contributed by atoms with Crippen LogP contribution in [-0.2, 0) is 35.2 Å². The highest BCUT2D eigenvalue weighted by Crippen LogP contribution is 2.52. The molecule has 1 aromatic carbocycles. The molecule has 4 aliphatic rings. The first kappa shape index (κ1) is 30.8. The molecule has 11 nitrogen and oxygen atoms in total. The van der Waals surface area contributed by atoms with E-state index in [2.05, 4.69) is 5.32 Å². The fourth-order valence-corrected chi connectivity index (χ4v) is 6.56. The molecule has 11 heteroatoms. The number of likely N-dealkylation sites (tertiary alicyclic amines) is 2. The van der Waals surface area contributed by atoms with E-state index >= 15 is 0 Å². The van der Waals surface area contributed by atoms with E-state index in [4.69, 9.17) is 18.9 Å². The SMILES string of the molecule is COC(=O)[C@]12C[C@H](CC(=O)NCCCN3CCCC3=O)C(=O)N(Cc3ccc4c(c3)OCO4)C1=C[C@H](C(C)(C)C)O[C@@H]2C. The molecule has 0 spiro atoms. The van der Waals surface area contributed by atoms with Crippen molar-refractivity contribution in [3.8, 4) is 11.5 Å². The van der Waals surface area contributed by atoms with E-state index in [1.807, 2.05) is 50.8 Å². The molecule has 0 aromatic heterocycles. The molecule has 4 heterocycles. The molecule has 1 N–H and O–H groups in total. The smallest absolute Gasteiger partial charge is 0.320 e. The monoisotopic (exact) mass is 597 g/mol. The summed E-state index contributed by atoms with van der Waals surface area (Å²) in [6, 6.07) is 5.51. The van der Waals surface area contributed by atoms with Gasteiger partial charge in [0.15, 0.2) is 11.5 Å². The van der Waals surface area contributed by atoms with Crippen molar-refractivity contribution in [2.75, 3.05) is 33.5 Å². The van der Waals surface area contributed by atoms with Crippen LogP contribution in [0, 0.1) is 16.7 Å². The molecule has 0 bridgehead atoms. The van der Waals surface area contributed by atoms with Gasteiger partial charge in [-0.15, -0.1) is 0 Å². The summed E-state index contributed by atoms with van der Waals surface area (Å²) in [5.74, 6) is -0.412. The van der Waals surface area contributed by atoms with Crippen LogP contribution in [0.5, 0.6) is 11.5 Å². The number of hydrogen-bond donors (Lipinski definition) is 1. The number of carbonyl (C=O) groups is 4. The van der Waals surface area contributed by atoms with Crippen molar-refractivity contribution in [1.29, 1.82) is 0 Å². The predicted molar refractivity (Wildman–Crippen MR) is 156 cm³/mol. The molecule has 0 radical (unpaired) electrons. The molecule has 4 atom stereocenters. The lowest BCUT2D eigenvalue weighted by Gasteiger charge is -2.53. The van der Waals surface area contributed by atoms with Crippen LogP contribution in [0.1, 0.15) is 65.4 Å². The van der Waals surface area contributed by atoms with Gasteiger partial charge in [0, 0.05) is 44.1 Å². The third kappa shape index (κ3) is 6.09. The first-order chi connectivity index (χ1) is 20.4. The second-order valence-corrected chi connectivity index (χ2v) is 13.0. The highest BCUT2D eigenvalue weighted by Gasteiger charge is 2.60. The van der Waals surface area contributed by atoms with E-state index in [0.717, 1.165) is 18.5 Å². The van der Waals surface area contributed by atoms with Crippen LogP contribution in [0.2, 0.25) is 0 Å². The highest BCUT2D eigenvalue weighted by molar-refractivity contribution is 5.92. The lowest BCUT2D eigenvalue weighted by Crippen LogP contribution is -2.61. The molecule has 3 amide bonds. The third-order valence-corrected chi connectivity index (χ3v) is 9.00. The van der Waals surface area contributed by atoms with E-state index in [9.17, 15) is 19.2 Å². The van der Waals surface area contributed by atoms with Crippen LogP contribution < -0.4 is 14.8 Å². The molecular formula is C32H43N3O8. The van der Waals surface area contributed by atoms with E-state index < -0.39 is 23.4 Å². The van der Waals surface area contributed by atoms with Gasteiger partial charge < -0.3 is 34.1 Å². The van der Waals surface area contributed by atoms with Crippen LogP contribution in [0.15, 0.2) is 30.0 Å². The van der Waals surface area contributed by atoms with Crippen LogP contribution in [-0.4, -0.2) is 79.2 Å². The summed E-state index contributed by atoms with van der Waals surface area (Å²) in [6.45, 7) is 10.0. The predicted octanol–water partition coefficient (Wildman–Crippen LogP) is 3.16. The molecule has 4 aliphatic heterocycles. The van der Waals surface area contributed by atoms with Crippen LogP contribution in [0.3, 0.4) is 0 Å². The molecule has 5 rings (SSSR count). The number of fused-ring (bicyclic) bond motifs is 2. The van der Waals surface area contributed by atoms with Gasteiger partial charge in [-0.3, -0.25) is 19.2 Å². The van der Waals surface area contributed by atoms with Gasteiger partial charge in [-0.1, -0.05) is 26.8 Å². The average Bonchev–Trinajstić information content (AvgIpc) is 3.60. The van der Waals surface area contributed by atoms with Gasteiger partial charge in [0.05, 0.1) is 25.9 Å². The van der Waals surface area contributed by atoms with Gasteiger partial charge in [-0.25, -0.2) is 0 Å². The minimum atomic E-state index is -1.28. The van der Waals surface area contributed by atoms with Gasteiger partial charge in [0.2, 0.25) is 24.5 Å². The summed E-state index contributed by atoms with van der Waals surface area (Å²) < 4.78 is 22.8. The zero-order valence-electron chi connectivity index (χ0n) is 25.8.